The van der Waals surface area contributed by atoms with Crippen molar-refractivity contribution in [1.82, 2.24) is 30.2 Å². The highest BCUT2D eigenvalue weighted by molar-refractivity contribution is 7.65. The molecule has 1 fully saturated rings. The zero-order valence-electron chi connectivity index (χ0n) is 41.3. The molecule has 0 aliphatic carbocycles. The number of hydrogen-bond acceptors (Lipinski definition) is 19. The molecular weight excluding hydrogens is 1010 g/mol. The fraction of sp³-hybridized carbons (Fsp3) is 0.478. The van der Waals surface area contributed by atoms with E-state index in [0.717, 1.165) is 38.6 Å². The maximum Gasteiger partial charge on any atom is 0.407 e. The number of ether oxygens (including phenoxy) is 2. The van der Waals surface area contributed by atoms with Crippen LogP contribution in [0.25, 0.3) is 11.2 Å². The van der Waals surface area contributed by atoms with Gasteiger partial charge in [-0.3, -0.25) is 23.1 Å². The van der Waals surface area contributed by atoms with Crippen LogP contribution in [0.4, 0.5) is 22.0 Å². The van der Waals surface area contributed by atoms with Gasteiger partial charge in [0.05, 0.1) is 18.3 Å². The Hall–Kier alpha value is -5.19. The molecule has 73 heavy (non-hydrogen) atoms. The van der Waals surface area contributed by atoms with Gasteiger partial charge in [-0.05, 0) is 71.2 Å². The van der Waals surface area contributed by atoms with Crippen LogP contribution in [0.5, 0.6) is 0 Å². The first-order valence-electron chi connectivity index (χ1n) is 23.5. The number of amides is 2. The maximum absolute atomic E-state index is 13.0. The van der Waals surface area contributed by atoms with Gasteiger partial charge < -0.3 is 59.9 Å². The van der Waals surface area contributed by atoms with Gasteiger partial charge in [0.15, 0.2) is 29.5 Å². The van der Waals surface area contributed by atoms with Crippen molar-refractivity contribution in [3.05, 3.63) is 95.2 Å². The number of alkyl carbamates (subject to hydrolysis) is 1. The van der Waals surface area contributed by atoms with E-state index in [1.807, 2.05) is 0 Å². The number of anilines is 2. The van der Waals surface area contributed by atoms with E-state index in [-0.39, 0.29) is 53.2 Å². The van der Waals surface area contributed by atoms with Crippen molar-refractivity contribution in [1.29, 1.82) is 0 Å². The largest absolute Gasteiger partial charge is 0.756 e. The molecule has 4 unspecified atom stereocenters. The second-order valence-electron chi connectivity index (χ2n) is 18.9. The molecule has 7 rings (SSSR count). The number of carbonyl (C=O) groups is 2. The highest BCUT2D eigenvalue weighted by Crippen LogP contribution is 2.61. The first-order chi connectivity index (χ1) is 34.2. The quantitative estimate of drug-likeness (QED) is 0.0449. The summed E-state index contributed by atoms with van der Waals surface area (Å²) < 4.78 is 61.2. The number of benzene rings is 2. The number of carbonyl (C=O) groups excluding carboxylic acids is 2. The number of hydrogen-bond donors (Lipinski definition) is 5. The highest BCUT2D eigenvalue weighted by Gasteiger charge is 2.49. The van der Waals surface area contributed by atoms with Crippen molar-refractivity contribution in [2.45, 2.75) is 110 Å². The summed E-state index contributed by atoms with van der Waals surface area (Å²) >= 11 is 0. The third kappa shape index (κ3) is 12.7. The van der Waals surface area contributed by atoms with Crippen LogP contribution < -0.4 is 35.9 Å². The Labute approximate surface area is 421 Å². The van der Waals surface area contributed by atoms with Crippen molar-refractivity contribution < 1.29 is 75.2 Å². The summed E-state index contributed by atoms with van der Waals surface area (Å²) in [4.78, 5) is 83.8. The van der Waals surface area contributed by atoms with E-state index in [1.165, 1.54) is 49.6 Å². The Morgan fingerprint density at radius 2 is 1.63 bits per heavy atom. The Bertz CT molecular complexity index is 2990. The summed E-state index contributed by atoms with van der Waals surface area (Å²) in [5.74, 6) is -0.279. The monoisotopic (exact) mass is 1070 g/mol. The number of nitrogens with one attached hydrogen (secondary N) is 2. The lowest BCUT2D eigenvalue weighted by molar-refractivity contribution is -0.438. The molecule has 3 aliphatic heterocycles. The standard InChI is InChI=1S/C46H62N9O15P3/c1-8-53-32-18-16-28(2)23-30(32)45(4,5)35(53)13-12-14-36-46(6,7)31-24-29(3)17-19-33(31)54(36)22-11-9-10-15-37(56)48-20-21-49-44(58)68-40-34(25-66-72(62,63)70-73(64,65)69-71(59,60)61)67-43(39(40)57)55-27-52-38-41(47)50-26-51-42(38)55/h12-14,16-19,23-24,26-27,34,39-40,43,57H,8-11,15,20-22,25H2,1-7H3,(H7-,47,48,49,50,51,56,58,59,60,61,62,63,64,65)/p-2/t34-,39+,40?,43-/m1/s1. The van der Waals surface area contributed by atoms with E-state index in [1.54, 1.807) is 0 Å². The van der Waals surface area contributed by atoms with Crippen molar-refractivity contribution in [2.24, 2.45) is 0 Å². The SMILES string of the molecule is CCN1C(=CC=CC2=[N+](CCCCCC(=O)NCCNC(=O)OC3[C@@H](COP(=O)([O-])OP(=O)([O-])OP(=O)([O-])O)O[C@@H](n4cnc5c(N)ncnc54)[C@H]3O)c3ccc(C)cc3C2(C)C)C(C)(C)c2cc(C)ccc21. The first-order valence-corrected chi connectivity index (χ1v) is 27.9. The number of nitrogen functional groups attached to an aromatic ring is 1. The average molecular weight is 1070 g/mol. The fourth-order valence-electron chi connectivity index (χ4n) is 9.48. The van der Waals surface area contributed by atoms with Crippen LogP contribution in [0.2, 0.25) is 0 Å². The summed E-state index contributed by atoms with van der Waals surface area (Å²) in [6, 6.07) is 13.2. The van der Waals surface area contributed by atoms with E-state index in [0.29, 0.717) is 6.42 Å². The van der Waals surface area contributed by atoms with Crippen molar-refractivity contribution in [3.8, 4) is 0 Å². The average Bonchev–Trinajstić information content (AvgIpc) is 3.97. The van der Waals surface area contributed by atoms with Gasteiger partial charge in [0.25, 0.3) is 23.5 Å². The van der Waals surface area contributed by atoms with Gasteiger partial charge in [-0.2, -0.15) is 4.58 Å². The summed E-state index contributed by atoms with van der Waals surface area (Å²) in [7, 11) is -18.2. The highest BCUT2D eigenvalue weighted by atomic mass is 31.3. The van der Waals surface area contributed by atoms with Gasteiger partial charge in [0.2, 0.25) is 11.6 Å². The molecule has 2 aromatic carbocycles. The maximum atomic E-state index is 13.0. The van der Waals surface area contributed by atoms with Crippen LogP contribution in [0.15, 0.2) is 73.0 Å². The number of nitrogens with zero attached hydrogens (tertiary/aromatic N) is 6. The molecule has 0 saturated carbocycles. The van der Waals surface area contributed by atoms with Gasteiger partial charge in [0, 0.05) is 67.0 Å². The summed E-state index contributed by atoms with van der Waals surface area (Å²) in [5.41, 5.74) is 15.5. The minimum Gasteiger partial charge on any atom is -0.756 e. The van der Waals surface area contributed by atoms with Gasteiger partial charge >= 0.3 is 6.09 Å². The Balaban J connectivity index is 0.917. The number of aryl methyl sites for hydroxylation is 2. The summed E-state index contributed by atoms with van der Waals surface area (Å²) in [6.07, 6.45) is 3.52. The molecule has 0 spiro atoms. The lowest BCUT2D eigenvalue weighted by Crippen LogP contribution is -2.42. The zero-order chi connectivity index (χ0) is 53.3. The second-order valence-corrected chi connectivity index (χ2v) is 23.2. The molecule has 6 N–H and O–H groups in total. The predicted octanol–water partition coefficient (Wildman–Crippen LogP) is 3.84. The molecule has 2 amide bonds. The number of aliphatic hydroxyl groups is 1. The normalized spacial score (nSPS) is 23.1. The number of allylic oxidation sites excluding steroid dienone is 4. The van der Waals surface area contributed by atoms with E-state index < -0.39 is 60.7 Å². The molecular formula is C46H60N9O15P3-2. The molecule has 24 nitrogen and oxygen atoms in total. The zero-order valence-corrected chi connectivity index (χ0v) is 44.0. The Morgan fingerprint density at radius 1 is 0.932 bits per heavy atom. The molecule has 4 aromatic rings. The number of imidazole rings is 1. The topological polar surface area (TPSA) is 341 Å². The Kier molecular flexibility index (Phi) is 16.7. The van der Waals surface area contributed by atoms with Crippen LogP contribution in [0, 0.1) is 13.8 Å². The third-order valence-corrected chi connectivity index (χ3v) is 16.6. The number of aliphatic hydroxyl groups excluding tert-OH is 1. The van der Waals surface area contributed by atoms with Crippen LogP contribution in [0.1, 0.15) is 88.8 Å². The van der Waals surface area contributed by atoms with E-state index in [9.17, 15) is 43.1 Å². The number of rotatable bonds is 21. The van der Waals surface area contributed by atoms with Crippen LogP contribution >= 0.6 is 23.5 Å². The van der Waals surface area contributed by atoms with Crippen molar-refractivity contribution in [2.75, 3.05) is 43.4 Å². The van der Waals surface area contributed by atoms with Crippen LogP contribution in [-0.2, 0) is 51.9 Å². The minimum atomic E-state index is -6.24. The van der Waals surface area contributed by atoms with E-state index in [2.05, 4.69) is 151 Å². The summed E-state index contributed by atoms with van der Waals surface area (Å²) in [6.45, 7) is 15.7. The number of phosphoric ester groups is 1. The number of phosphoric acid groups is 3. The number of aromatic nitrogens is 4. The molecule has 1 saturated heterocycles. The molecule has 0 bridgehead atoms. The molecule has 0 radical (unpaired) electrons. The van der Waals surface area contributed by atoms with Gasteiger partial charge in [-0.25, -0.2) is 28.4 Å². The predicted molar refractivity (Wildman–Crippen MR) is 261 cm³/mol. The molecule has 2 aromatic heterocycles. The first kappa shape index (κ1) is 55.6. The number of nitrogens with two attached hydrogens (primary N) is 1. The number of likely N-dealkylation sites (N-methyl/N-ethyl adjacent to an activating group) is 1. The van der Waals surface area contributed by atoms with Gasteiger partial charge in [-0.1, -0.05) is 49.2 Å². The smallest absolute Gasteiger partial charge is 0.407 e. The number of fused-ring (bicyclic) bond motifs is 3. The molecule has 3 aliphatic rings. The van der Waals surface area contributed by atoms with Crippen LogP contribution in [0.3, 0.4) is 0 Å². The summed E-state index contributed by atoms with van der Waals surface area (Å²) in [5, 5.41) is 16.5. The van der Waals surface area contributed by atoms with E-state index >= 15 is 0 Å². The van der Waals surface area contributed by atoms with Crippen molar-refractivity contribution >= 4 is 69.5 Å². The Morgan fingerprint density at radius 3 is 2.34 bits per heavy atom. The number of unbranched alkanes of at least 4 members (excludes halogenated alkanes) is 2. The van der Waals surface area contributed by atoms with Gasteiger partial charge in [0.1, 0.15) is 30.6 Å². The molecule has 7 atom stereocenters. The van der Waals surface area contributed by atoms with Crippen molar-refractivity contribution in [3.63, 3.8) is 0 Å². The molecule has 27 heteroatoms. The minimum absolute atomic E-state index is 0.00800. The lowest BCUT2D eigenvalue weighted by Gasteiger charge is -2.33. The fourth-order valence-corrected chi connectivity index (χ4v) is 12.4. The lowest BCUT2D eigenvalue weighted by atomic mass is 9.80. The third-order valence-electron chi connectivity index (χ3n) is 12.9. The second kappa shape index (κ2) is 22.0. The molecule has 396 valence electrons. The van der Waals surface area contributed by atoms with Gasteiger partial charge in [-0.15, -0.1) is 0 Å². The molecule has 5 heterocycles. The van der Waals surface area contributed by atoms with Crippen LogP contribution in [-0.4, -0.2) is 103 Å². The van der Waals surface area contributed by atoms with E-state index in [4.69, 9.17) is 20.1 Å².